The van der Waals surface area contributed by atoms with Gasteiger partial charge in [0.15, 0.2) is 0 Å². The fourth-order valence-electron chi connectivity index (χ4n) is 1.52. The standard InChI is InChI=1S/C12H14N4O3S2/c13-11(18)14-9(17)4-2-6-21-12-16-15-10(19-12)7-8-3-1-5-20-8/h1,3,5H,2,4,6-7H2,(H3,13,14,17,18). The quantitative estimate of drug-likeness (QED) is 0.593. The summed E-state index contributed by atoms with van der Waals surface area (Å²) in [5.41, 5.74) is 4.84. The molecule has 0 radical (unpaired) electrons. The van der Waals surface area contributed by atoms with Crippen LogP contribution in [0.15, 0.2) is 27.2 Å². The van der Waals surface area contributed by atoms with Crippen LogP contribution in [0.5, 0.6) is 0 Å². The molecule has 0 saturated heterocycles. The van der Waals surface area contributed by atoms with Crippen LogP contribution < -0.4 is 11.1 Å². The largest absolute Gasteiger partial charge is 0.416 e. The van der Waals surface area contributed by atoms with Crippen LogP contribution in [-0.4, -0.2) is 27.9 Å². The molecule has 2 aromatic heterocycles. The molecule has 0 aliphatic carbocycles. The van der Waals surface area contributed by atoms with Crippen molar-refractivity contribution in [3.63, 3.8) is 0 Å². The number of thiophene rings is 1. The van der Waals surface area contributed by atoms with E-state index in [2.05, 4.69) is 10.2 Å². The zero-order chi connectivity index (χ0) is 15.1. The van der Waals surface area contributed by atoms with Crippen LogP contribution >= 0.6 is 23.1 Å². The van der Waals surface area contributed by atoms with E-state index < -0.39 is 6.03 Å². The molecule has 0 fully saturated rings. The minimum Gasteiger partial charge on any atom is -0.416 e. The van der Waals surface area contributed by atoms with Gasteiger partial charge in [0.05, 0.1) is 6.42 Å². The van der Waals surface area contributed by atoms with Crippen molar-refractivity contribution in [2.24, 2.45) is 5.73 Å². The van der Waals surface area contributed by atoms with Crippen molar-refractivity contribution in [3.8, 4) is 0 Å². The summed E-state index contributed by atoms with van der Waals surface area (Å²) < 4.78 is 5.50. The molecular weight excluding hydrogens is 312 g/mol. The second-order valence-corrected chi connectivity index (χ2v) is 6.16. The van der Waals surface area contributed by atoms with Crippen LogP contribution in [0.1, 0.15) is 23.6 Å². The zero-order valence-corrected chi connectivity index (χ0v) is 12.7. The number of carbonyl (C=O) groups is 2. The Hall–Kier alpha value is -1.87. The highest BCUT2D eigenvalue weighted by Crippen LogP contribution is 2.20. The second kappa shape index (κ2) is 7.79. The molecule has 0 aliphatic rings. The number of hydrogen-bond acceptors (Lipinski definition) is 7. The lowest BCUT2D eigenvalue weighted by molar-refractivity contribution is -0.119. The number of primary amides is 1. The molecule has 2 aromatic rings. The topological polar surface area (TPSA) is 111 Å². The van der Waals surface area contributed by atoms with Crippen molar-refractivity contribution in [2.45, 2.75) is 24.5 Å². The average Bonchev–Trinajstić information content (AvgIpc) is 3.06. The highest BCUT2D eigenvalue weighted by atomic mass is 32.2. The number of nitrogens with zero attached hydrogens (tertiary/aromatic N) is 2. The lowest BCUT2D eigenvalue weighted by Crippen LogP contribution is -2.34. The van der Waals surface area contributed by atoms with Gasteiger partial charge in [0, 0.05) is 17.1 Å². The average molecular weight is 326 g/mol. The van der Waals surface area contributed by atoms with Gasteiger partial charge in [-0.15, -0.1) is 21.5 Å². The number of hydrogen-bond donors (Lipinski definition) is 2. The fourth-order valence-corrected chi connectivity index (χ4v) is 2.94. The van der Waals surface area contributed by atoms with Crippen molar-refractivity contribution in [1.82, 2.24) is 15.5 Å². The van der Waals surface area contributed by atoms with Crippen molar-refractivity contribution in [1.29, 1.82) is 0 Å². The van der Waals surface area contributed by atoms with Crippen LogP contribution in [0.4, 0.5) is 4.79 Å². The Bertz CT molecular complexity index is 597. The molecule has 9 heteroatoms. The first-order valence-corrected chi connectivity index (χ1v) is 8.07. The number of amides is 3. The molecule has 3 amide bonds. The molecule has 0 aromatic carbocycles. The number of nitrogens with two attached hydrogens (primary N) is 1. The van der Waals surface area contributed by atoms with Crippen LogP contribution in [-0.2, 0) is 11.2 Å². The maximum absolute atomic E-state index is 11.2. The Labute approximate surface area is 129 Å². The van der Waals surface area contributed by atoms with Gasteiger partial charge in [-0.25, -0.2) is 4.79 Å². The van der Waals surface area contributed by atoms with E-state index in [0.717, 1.165) is 0 Å². The zero-order valence-electron chi connectivity index (χ0n) is 11.1. The number of imide groups is 1. The van der Waals surface area contributed by atoms with Gasteiger partial charge < -0.3 is 10.2 Å². The van der Waals surface area contributed by atoms with Gasteiger partial charge >= 0.3 is 6.03 Å². The predicted molar refractivity (Wildman–Crippen MR) is 79.1 cm³/mol. The van der Waals surface area contributed by atoms with Gasteiger partial charge in [-0.05, 0) is 17.9 Å². The Morgan fingerprint density at radius 3 is 3.00 bits per heavy atom. The van der Waals surface area contributed by atoms with Gasteiger partial charge in [0.25, 0.3) is 5.22 Å². The molecule has 112 valence electrons. The third kappa shape index (κ3) is 5.56. The number of nitrogens with one attached hydrogen (secondary N) is 1. The Morgan fingerprint density at radius 1 is 1.43 bits per heavy atom. The molecule has 0 atom stereocenters. The van der Waals surface area contributed by atoms with E-state index in [-0.39, 0.29) is 12.3 Å². The van der Waals surface area contributed by atoms with Gasteiger partial charge in [-0.3, -0.25) is 10.1 Å². The maximum Gasteiger partial charge on any atom is 0.318 e. The van der Waals surface area contributed by atoms with Crippen LogP contribution in [0.2, 0.25) is 0 Å². The Balaban J connectivity index is 1.68. The second-order valence-electron chi connectivity index (χ2n) is 4.08. The molecule has 21 heavy (non-hydrogen) atoms. The van der Waals surface area contributed by atoms with E-state index >= 15 is 0 Å². The monoisotopic (exact) mass is 326 g/mol. The summed E-state index contributed by atoms with van der Waals surface area (Å²) >= 11 is 3.02. The molecule has 0 saturated carbocycles. The molecule has 0 bridgehead atoms. The third-order valence-corrected chi connectivity index (χ3v) is 4.17. The molecule has 2 rings (SSSR count). The summed E-state index contributed by atoms with van der Waals surface area (Å²) in [6, 6.07) is 3.16. The third-order valence-electron chi connectivity index (χ3n) is 2.39. The molecule has 3 N–H and O–H groups in total. The lowest BCUT2D eigenvalue weighted by Gasteiger charge is -1.99. The van der Waals surface area contributed by atoms with Crippen molar-refractivity contribution < 1.29 is 14.0 Å². The highest BCUT2D eigenvalue weighted by Gasteiger charge is 2.09. The number of aromatic nitrogens is 2. The smallest absolute Gasteiger partial charge is 0.318 e. The Kier molecular flexibility index (Phi) is 5.76. The maximum atomic E-state index is 11.2. The van der Waals surface area contributed by atoms with Gasteiger partial charge in [0.1, 0.15) is 0 Å². The number of rotatable bonds is 7. The first-order valence-electron chi connectivity index (χ1n) is 6.20. The van der Waals surface area contributed by atoms with Gasteiger partial charge in [-0.2, -0.15) is 0 Å². The van der Waals surface area contributed by atoms with E-state index in [4.69, 9.17) is 10.2 Å². The summed E-state index contributed by atoms with van der Waals surface area (Å²) in [6.45, 7) is 0. The SMILES string of the molecule is NC(=O)NC(=O)CCCSc1nnc(Cc2cccs2)o1. The van der Waals surface area contributed by atoms with Crippen LogP contribution in [0, 0.1) is 0 Å². The lowest BCUT2D eigenvalue weighted by atomic mass is 10.3. The minimum atomic E-state index is -0.831. The minimum absolute atomic E-state index is 0.228. The summed E-state index contributed by atoms with van der Waals surface area (Å²) in [5, 5.41) is 12.4. The van der Waals surface area contributed by atoms with Crippen molar-refractivity contribution in [3.05, 3.63) is 28.3 Å². The fraction of sp³-hybridized carbons (Fsp3) is 0.333. The normalized spacial score (nSPS) is 10.5. The van der Waals surface area contributed by atoms with Gasteiger partial charge in [-0.1, -0.05) is 17.8 Å². The summed E-state index contributed by atoms with van der Waals surface area (Å²) in [7, 11) is 0. The van der Waals surface area contributed by atoms with Crippen LogP contribution in [0.3, 0.4) is 0 Å². The van der Waals surface area contributed by atoms with Gasteiger partial charge in [0.2, 0.25) is 11.8 Å². The van der Waals surface area contributed by atoms with E-state index in [9.17, 15) is 9.59 Å². The van der Waals surface area contributed by atoms with E-state index in [1.807, 2.05) is 22.8 Å². The first kappa shape index (κ1) is 15.5. The molecule has 7 nitrogen and oxygen atoms in total. The molecular formula is C12H14N4O3S2. The summed E-state index contributed by atoms with van der Waals surface area (Å²) in [4.78, 5) is 22.8. The van der Waals surface area contributed by atoms with E-state index in [0.29, 0.717) is 29.7 Å². The molecule has 0 unspecified atom stereocenters. The van der Waals surface area contributed by atoms with E-state index in [1.54, 1.807) is 11.3 Å². The predicted octanol–water partition coefficient (Wildman–Crippen LogP) is 1.79. The first-order chi connectivity index (χ1) is 10.1. The molecule has 0 aliphatic heterocycles. The molecule has 2 heterocycles. The number of thioether (sulfide) groups is 1. The van der Waals surface area contributed by atoms with Crippen molar-refractivity contribution in [2.75, 3.05) is 5.75 Å². The molecule has 0 spiro atoms. The highest BCUT2D eigenvalue weighted by molar-refractivity contribution is 7.99. The number of carbonyl (C=O) groups excluding carboxylic acids is 2. The van der Waals surface area contributed by atoms with Crippen molar-refractivity contribution >= 4 is 35.0 Å². The Morgan fingerprint density at radius 2 is 2.29 bits per heavy atom. The summed E-state index contributed by atoms with van der Waals surface area (Å²) in [6.07, 6.45) is 1.45. The summed E-state index contributed by atoms with van der Waals surface area (Å²) in [5.74, 6) is 0.839. The van der Waals surface area contributed by atoms with E-state index in [1.165, 1.54) is 16.6 Å². The number of urea groups is 1. The van der Waals surface area contributed by atoms with Crippen LogP contribution in [0.25, 0.3) is 0 Å².